The summed E-state index contributed by atoms with van der Waals surface area (Å²) >= 11 is 5.72. The molecule has 0 aliphatic rings. The summed E-state index contributed by atoms with van der Waals surface area (Å²) in [5.74, 6) is 0.370. The van der Waals surface area contributed by atoms with E-state index in [1.165, 1.54) is 24.4 Å². The second-order valence-electron chi connectivity index (χ2n) is 4.11. The van der Waals surface area contributed by atoms with Crippen LogP contribution in [-0.4, -0.2) is 39.4 Å². The molecule has 3 N–H and O–H groups in total. The number of nitrogens with zero attached hydrogens (tertiary/aromatic N) is 2. The zero-order valence-corrected chi connectivity index (χ0v) is 11.2. The maximum Gasteiger partial charge on any atom is 0.161 e. The Labute approximate surface area is 120 Å². The zero-order valence-electron chi connectivity index (χ0n) is 10.4. The van der Waals surface area contributed by atoms with Gasteiger partial charge in [-0.2, -0.15) is 0 Å². The number of nitrogens with one attached hydrogen (secondary N) is 1. The molecule has 106 valence electrons. The highest BCUT2D eigenvalue weighted by Crippen LogP contribution is 2.22. The van der Waals surface area contributed by atoms with Crippen LogP contribution in [0, 0.1) is 5.82 Å². The van der Waals surface area contributed by atoms with Crippen molar-refractivity contribution >= 4 is 17.4 Å². The Kier molecular flexibility index (Phi) is 4.84. The Morgan fingerprint density at radius 3 is 2.85 bits per heavy atom. The molecule has 0 aliphatic carbocycles. The number of benzene rings is 1. The first-order chi connectivity index (χ1) is 9.60. The van der Waals surface area contributed by atoms with Crippen LogP contribution in [-0.2, 0) is 0 Å². The van der Waals surface area contributed by atoms with E-state index in [4.69, 9.17) is 16.7 Å². The van der Waals surface area contributed by atoms with Gasteiger partial charge < -0.3 is 15.5 Å². The van der Waals surface area contributed by atoms with Crippen LogP contribution >= 0.6 is 11.6 Å². The Morgan fingerprint density at radius 2 is 2.15 bits per heavy atom. The fourth-order valence-electron chi connectivity index (χ4n) is 1.52. The Morgan fingerprint density at radius 1 is 1.35 bits per heavy atom. The van der Waals surface area contributed by atoms with Gasteiger partial charge in [0.25, 0.3) is 0 Å². The molecule has 0 fully saturated rings. The third kappa shape index (κ3) is 3.63. The maximum atomic E-state index is 13.1. The fraction of sp³-hybridized carbons (Fsp3) is 0.231. The maximum absolute atomic E-state index is 13.1. The monoisotopic (exact) mass is 297 g/mol. The van der Waals surface area contributed by atoms with Crippen molar-refractivity contribution in [2.24, 2.45) is 0 Å². The van der Waals surface area contributed by atoms with Gasteiger partial charge in [0.1, 0.15) is 11.6 Å². The Hall–Kier alpha value is -1.76. The smallest absolute Gasteiger partial charge is 0.161 e. The molecule has 1 aromatic carbocycles. The van der Waals surface area contributed by atoms with Crippen molar-refractivity contribution in [1.29, 1.82) is 0 Å². The van der Waals surface area contributed by atoms with Gasteiger partial charge in [-0.15, -0.1) is 0 Å². The number of aliphatic hydroxyl groups is 2. The number of aromatic nitrogens is 2. The summed E-state index contributed by atoms with van der Waals surface area (Å²) in [4.78, 5) is 8.31. The van der Waals surface area contributed by atoms with Crippen LogP contribution in [0.5, 0.6) is 0 Å². The van der Waals surface area contributed by atoms with E-state index in [0.717, 1.165) is 0 Å². The lowest BCUT2D eigenvalue weighted by molar-refractivity contribution is 0.105. The second-order valence-corrected chi connectivity index (χ2v) is 4.52. The molecule has 0 spiro atoms. The molecule has 20 heavy (non-hydrogen) atoms. The molecule has 1 heterocycles. The molecule has 2 aromatic rings. The highest BCUT2D eigenvalue weighted by Gasteiger charge is 2.07. The molecule has 7 heteroatoms. The lowest BCUT2D eigenvalue weighted by atomic mass is 10.2. The fourth-order valence-corrected chi connectivity index (χ4v) is 1.70. The summed E-state index contributed by atoms with van der Waals surface area (Å²) in [6.45, 7) is -0.171. The SMILES string of the molecule is OC[C@H](O)CNc1ccnc(-c2ccc(F)c(Cl)c2)n1. The van der Waals surface area contributed by atoms with Crippen molar-refractivity contribution in [3.05, 3.63) is 41.3 Å². The summed E-state index contributed by atoms with van der Waals surface area (Å²) < 4.78 is 13.1. The highest BCUT2D eigenvalue weighted by molar-refractivity contribution is 6.31. The number of aliphatic hydroxyl groups excluding tert-OH is 2. The van der Waals surface area contributed by atoms with Crippen molar-refractivity contribution in [1.82, 2.24) is 9.97 Å². The Bertz CT molecular complexity index is 598. The van der Waals surface area contributed by atoms with Crippen LogP contribution in [0.2, 0.25) is 5.02 Å². The molecule has 0 aliphatic heterocycles. The molecule has 1 atom stereocenters. The number of rotatable bonds is 5. The molecule has 1 aromatic heterocycles. The molecule has 5 nitrogen and oxygen atoms in total. The molecular formula is C13H13ClFN3O2. The van der Waals surface area contributed by atoms with Gasteiger partial charge in [-0.05, 0) is 24.3 Å². The van der Waals surface area contributed by atoms with Gasteiger partial charge in [0.05, 0.1) is 17.7 Å². The molecule has 0 saturated carbocycles. The third-order valence-electron chi connectivity index (χ3n) is 2.56. The minimum absolute atomic E-state index is 0.000153. The lowest BCUT2D eigenvalue weighted by Gasteiger charge is -2.10. The lowest BCUT2D eigenvalue weighted by Crippen LogP contribution is -2.23. The van der Waals surface area contributed by atoms with Gasteiger partial charge in [-0.1, -0.05) is 11.6 Å². The summed E-state index contributed by atoms with van der Waals surface area (Å²) in [5.41, 5.74) is 0.586. The van der Waals surface area contributed by atoms with Crippen LogP contribution in [0.25, 0.3) is 11.4 Å². The topological polar surface area (TPSA) is 78.3 Å². The van der Waals surface area contributed by atoms with Crippen molar-refractivity contribution in [3.8, 4) is 11.4 Å². The van der Waals surface area contributed by atoms with E-state index in [9.17, 15) is 9.50 Å². The number of anilines is 1. The minimum Gasteiger partial charge on any atom is -0.394 e. The predicted octanol–water partition coefficient (Wildman–Crippen LogP) is 1.70. The van der Waals surface area contributed by atoms with Gasteiger partial charge in [0.15, 0.2) is 5.82 Å². The van der Waals surface area contributed by atoms with E-state index in [0.29, 0.717) is 17.2 Å². The molecule has 0 bridgehead atoms. The Balaban J connectivity index is 2.18. The molecule has 2 rings (SSSR count). The molecule has 0 saturated heterocycles. The normalized spacial score (nSPS) is 12.2. The van der Waals surface area contributed by atoms with E-state index in [1.54, 1.807) is 6.07 Å². The van der Waals surface area contributed by atoms with E-state index >= 15 is 0 Å². The quantitative estimate of drug-likeness (QED) is 0.783. The average Bonchev–Trinajstić information content (AvgIpc) is 2.48. The predicted molar refractivity (Wildman–Crippen MR) is 74.0 cm³/mol. The zero-order chi connectivity index (χ0) is 14.5. The molecule has 0 amide bonds. The van der Waals surface area contributed by atoms with Gasteiger partial charge in [-0.3, -0.25) is 0 Å². The minimum atomic E-state index is -0.867. The van der Waals surface area contributed by atoms with Gasteiger partial charge >= 0.3 is 0 Å². The number of halogens is 2. The van der Waals surface area contributed by atoms with Crippen molar-refractivity contribution < 1.29 is 14.6 Å². The van der Waals surface area contributed by atoms with Crippen LogP contribution < -0.4 is 5.32 Å². The summed E-state index contributed by atoms with van der Waals surface area (Å²) in [5, 5.41) is 20.8. The molecule has 0 radical (unpaired) electrons. The van der Waals surface area contributed by atoms with Crippen LogP contribution in [0.15, 0.2) is 30.5 Å². The van der Waals surface area contributed by atoms with Gasteiger partial charge in [-0.25, -0.2) is 14.4 Å². The van der Waals surface area contributed by atoms with E-state index in [1.807, 2.05) is 0 Å². The third-order valence-corrected chi connectivity index (χ3v) is 2.85. The van der Waals surface area contributed by atoms with Crippen LogP contribution in [0.4, 0.5) is 10.2 Å². The highest BCUT2D eigenvalue weighted by atomic mass is 35.5. The van der Waals surface area contributed by atoms with Gasteiger partial charge in [0, 0.05) is 18.3 Å². The first-order valence-electron chi connectivity index (χ1n) is 5.91. The summed E-state index contributed by atoms with van der Waals surface area (Å²) in [6, 6.07) is 5.84. The molecule has 0 unspecified atom stereocenters. The number of hydrogen-bond donors (Lipinski definition) is 3. The first-order valence-corrected chi connectivity index (χ1v) is 6.29. The average molecular weight is 298 g/mol. The van der Waals surface area contributed by atoms with E-state index in [-0.39, 0.29) is 18.2 Å². The van der Waals surface area contributed by atoms with Crippen molar-refractivity contribution in [2.75, 3.05) is 18.5 Å². The second kappa shape index (κ2) is 6.60. The number of hydrogen-bond acceptors (Lipinski definition) is 5. The van der Waals surface area contributed by atoms with Crippen LogP contribution in [0.3, 0.4) is 0 Å². The standard InChI is InChI=1S/C13H13ClFN3O2/c14-10-5-8(1-2-11(10)15)13-16-4-3-12(18-13)17-6-9(20)7-19/h1-5,9,19-20H,6-7H2,(H,16,17,18)/t9-/m1/s1. The van der Waals surface area contributed by atoms with E-state index in [2.05, 4.69) is 15.3 Å². The van der Waals surface area contributed by atoms with Crippen molar-refractivity contribution in [3.63, 3.8) is 0 Å². The van der Waals surface area contributed by atoms with Crippen molar-refractivity contribution in [2.45, 2.75) is 6.10 Å². The first kappa shape index (κ1) is 14.6. The van der Waals surface area contributed by atoms with E-state index < -0.39 is 11.9 Å². The summed E-state index contributed by atoms with van der Waals surface area (Å²) in [6.07, 6.45) is 0.668. The van der Waals surface area contributed by atoms with Gasteiger partial charge in [0.2, 0.25) is 0 Å². The summed E-state index contributed by atoms with van der Waals surface area (Å²) in [7, 11) is 0. The van der Waals surface area contributed by atoms with Crippen LogP contribution in [0.1, 0.15) is 0 Å². The largest absolute Gasteiger partial charge is 0.394 e. The molecular weight excluding hydrogens is 285 g/mol.